The first kappa shape index (κ1) is 12.8. The van der Waals surface area contributed by atoms with E-state index in [0.29, 0.717) is 6.42 Å². The quantitative estimate of drug-likeness (QED) is 0.595. The van der Waals surface area contributed by atoms with Crippen molar-refractivity contribution >= 4 is 11.8 Å². The molecule has 2 rings (SSSR count). The van der Waals surface area contributed by atoms with Gasteiger partial charge in [-0.2, -0.15) is 0 Å². The lowest BCUT2D eigenvalue weighted by Gasteiger charge is -2.39. The van der Waals surface area contributed by atoms with Gasteiger partial charge < -0.3 is 4.74 Å². The van der Waals surface area contributed by atoms with E-state index in [1.807, 2.05) is 51.1 Å². The van der Waals surface area contributed by atoms with Crippen molar-refractivity contribution in [3.8, 4) is 0 Å². The van der Waals surface area contributed by atoms with E-state index in [1.54, 1.807) is 0 Å². The molecule has 1 heterocycles. The summed E-state index contributed by atoms with van der Waals surface area (Å²) in [5.41, 5.74) is 0.203. The predicted molar refractivity (Wildman–Crippen MR) is 67.8 cm³/mol. The second kappa shape index (κ2) is 4.56. The largest absolute Gasteiger partial charge is 0.456 e. The molecule has 0 radical (unpaired) electrons. The maximum absolute atomic E-state index is 12.4. The topological polar surface area (TPSA) is 43.4 Å². The molecule has 1 fully saturated rings. The van der Waals surface area contributed by atoms with Gasteiger partial charge in [-0.3, -0.25) is 9.59 Å². The van der Waals surface area contributed by atoms with Crippen LogP contribution >= 0.6 is 0 Å². The van der Waals surface area contributed by atoms with Crippen molar-refractivity contribution in [2.45, 2.75) is 33.3 Å². The Hall–Kier alpha value is -1.64. The standard InChI is InChI=1S/C15H18O3/c1-4-11-12(16)15(2,3)13(18-14(11)17)10-8-6-5-7-9-10/h5-9,11,13H,4H2,1-3H3/t11-,13+/m1/s1. The molecule has 0 saturated carbocycles. The molecule has 96 valence electrons. The molecular formula is C15H18O3. The number of carbonyl (C=O) groups is 2. The van der Waals surface area contributed by atoms with Crippen molar-refractivity contribution in [1.29, 1.82) is 0 Å². The highest BCUT2D eigenvalue weighted by Crippen LogP contribution is 2.44. The molecule has 0 aliphatic carbocycles. The van der Waals surface area contributed by atoms with Crippen molar-refractivity contribution in [3.63, 3.8) is 0 Å². The van der Waals surface area contributed by atoms with Crippen LogP contribution in [-0.2, 0) is 14.3 Å². The third kappa shape index (κ3) is 1.94. The molecule has 0 bridgehead atoms. The number of rotatable bonds is 2. The first-order valence-corrected chi connectivity index (χ1v) is 6.28. The van der Waals surface area contributed by atoms with E-state index in [9.17, 15) is 9.59 Å². The van der Waals surface area contributed by atoms with Gasteiger partial charge in [-0.05, 0) is 25.8 Å². The van der Waals surface area contributed by atoms with E-state index in [1.165, 1.54) is 0 Å². The first-order chi connectivity index (χ1) is 8.48. The molecule has 1 aliphatic rings. The second-order valence-corrected chi connectivity index (χ2v) is 5.27. The molecule has 3 heteroatoms. The van der Waals surface area contributed by atoms with E-state index in [4.69, 9.17) is 4.74 Å². The zero-order valence-electron chi connectivity index (χ0n) is 11.0. The van der Waals surface area contributed by atoms with Gasteiger partial charge in [0.05, 0.1) is 5.41 Å². The highest BCUT2D eigenvalue weighted by Gasteiger charge is 2.50. The monoisotopic (exact) mass is 246 g/mol. The van der Waals surface area contributed by atoms with Crippen LogP contribution in [0.25, 0.3) is 0 Å². The highest BCUT2D eigenvalue weighted by atomic mass is 16.5. The fourth-order valence-electron chi connectivity index (χ4n) is 2.50. The van der Waals surface area contributed by atoms with Crippen molar-refractivity contribution in [2.75, 3.05) is 0 Å². The average molecular weight is 246 g/mol. The molecule has 1 saturated heterocycles. The Kier molecular flexibility index (Phi) is 3.24. The second-order valence-electron chi connectivity index (χ2n) is 5.27. The molecule has 0 N–H and O–H groups in total. The summed E-state index contributed by atoms with van der Waals surface area (Å²) in [6.07, 6.45) is 0.0179. The molecular weight excluding hydrogens is 228 g/mol. The molecule has 2 atom stereocenters. The third-order valence-corrected chi connectivity index (χ3v) is 3.64. The Balaban J connectivity index is 2.39. The van der Waals surface area contributed by atoms with Crippen LogP contribution in [0.4, 0.5) is 0 Å². The summed E-state index contributed by atoms with van der Waals surface area (Å²) >= 11 is 0. The lowest BCUT2D eigenvalue weighted by Crippen LogP contribution is -2.47. The highest BCUT2D eigenvalue weighted by molar-refractivity contribution is 6.04. The number of carbonyl (C=O) groups excluding carboxylic acids is 2. The van der Waals surface area contributed by atoms with Gasteiger partial charge in [0, 0.05) is 0 Å². The molecule has 0 unspecified atom stereocenters. The lowest BCUT2D eigenvalue weighted by atomic mass is 9.72. The fourth-order valence-corrected chi connectivity index (χ4v) is 2.50. The fraction of sp³-hybridized carbons (Fsp3) is 0.467. The summed E-state index contributed by atoms with van der Waals surface area (Å²) in [6.45, 7) is 5.53. The Morgan fingerprint density at radius 2 is 1.78 bits per heavy atom. The van der Waals surface area contributed by atoms with Crippen LogP contribution < -0.4 is 0 Å². The Morgan fingerprint density at radius 1 is 1.17 bits per heavy atom. The smallest absolute Gasteiger partial charge is 0.317 e. The van der Waals surface area contributed by atoms with Crippen LogP contribution in [0.3, 0.4) is 0 Å². The number of esters is 1. The zero-order valence-corrected chi connectivity index (χ0v) is 11.0. The number of hydrogen-bond acceptors (Lipinski definition) is 3. The lowest BCUT2D eigenvalue weighted by molar-refractivity contribution is -0.178. The van der Waals surface area contributed by atoms with Gasteiger partial charge in [-0.1, -0.05) is 37.3 Å². The van der Waals surface area contributed by atoms with Crippen molar-refractivity contribution in [1.82, 2.24) is 0 Å². The van der Waals surface area contributed by atoms with Gasteiger partial charge in [0.1, 0.15) is 12.0 Å². The number of cyclic esters (lactones) is 1. The van der Waals surface area contributed by atoms with Gasteiger partial charge in [0.15, 0.2) is 5.78 Å². The van der Waals surface area contributed by atoms with E-state index < -0.39 is 23.4 Å². The van der Waals surface area contributed by atoms with Gasteiger partial charge in [0.2, 0.25) is 0 Å². The number of benzene rings is 1. The molecule has 0 spiro atoms. The van der Waals surface area contributed by atoms with Gasteiger partial charge in [-0.25, -0.2) is 0 Å². The van der Waals surface area contributed by atoms with E-state index in [2.05, 4.69) is 0 Å². The van der Waals surface area contributed by atoms with E-state index in [0.717, 1.165) is 5.56 Å². The summed E-state index contributed by atoms with van der Waals surface area (Å²) in [7, 11) is 0. The van der Waals surface area contributed by atoms with Gasteiger partial charge in [0.25, 0.3) is 0 Å². The average Bonchev–Trinajstić information content (AvgIpc) is 2.36. The van der Waals surface area contributed by atoms with Gasteiger partial charge in [-0.15, -0.1) is 0 Å². The molecule has 1 aliphatic heterocycles. The SMILES string of the molecule is CC[C@H]1C(=O)O[C@@H](c2ccccc2)C(C)(C)C1=O. The zero-order chi connectivity index (χ0) is 13.3. The molecule has 18 heavy (non-hydrogen) atoms. The van der Waals surface area contributed by atoms with Gasteiger partial charge >= 0.3 is 5.97 Å². The normalized spacial score (nSPS) is 26.8. The number of hydrogen-bond donors (Lipinski definition) is 0. The van der Waals surface area contributed by atoms with Crippen LogP contribution in [0.15, 0.2) is 30.3 Å². The van der Waals surface area contributed by atoms with Crippen LogP contribution in [0.2, 0.25) is 0 Å². The number of Topliss-reactive ketones (excluding diaryl/α,β-unsaturated/α-hetero) is 1. The predicted octanol–water partition coefficient (Wildman–Crippen LogP) is 2.91. The van der Waals surface area contributed by atoms with E-state index >= 15 is 0 Å². The molecule has 1 aromatic rings. The summed E-state index contributed by atoms with van der Waals surface area (Å²) in [5.74, 6) is -1.02. The summed E-state index contributed by atoms with van der Waals surface area (Å²) in [5, 5.41) is 0. The molecule has 0 amide bonds. The molecule has 3 nitrogen and oxygen atoms in total. The number of ketones is 1. The van der Waals surface area contributed by atoms with Crippen molar-refractivity contribution < 1.29 is 14.3 Å². The Morgan fingerprint density at radius 3 is 2.33 bits per heavy atom. The van der Waals surface area contributed by atoms with Crippen LogP contribution in [-0.4, -0.2) is 11.8 Å². The van der Waals surface area contributed by atoms with Crippen molar-refractivity contribution in [3.05, 3.63) is 35.9 Å². The van der Waals surface area contributed by atoms with Crippen LogP contribution in [0.5, 0.6) is 0 Å². The Labute approximate surface area is 107 Å². The van der Waals surface area contributed by atoms with Crippen molar-refractivity contribution in [2.24, 2.45) is 11.3 Å². The van der Waals surface area contributed by atoms with E-state index in [-0.39, 0.29) is 5.78 Å². The first-order valence-electron chi connectivity index (χ1n) is 6.28. The van der Waals surface area contributed by atoms with Crippen LogP contribution in [0, 0.1) is 11.3 Å². The molecule has 0 aromatic heterocycles. The minimum atomic E-state index is -0.671. The summed E-state index contributed by atoms with van der Waals surface area (Å²) < 4.78 is 5.50. The maximum atomic E-state index is 12.4. The molecule has 1 aromatic carbocycles. The maximum Gasteiger partial charge on any atom is 0.317 e. The Bertz CT molecular complexity index is 462. The summed E-state index contributed by atoms with van der Waals surface area (Å²) in [6, 6.07) is 9.45. The summed E-state index contributed by atoms with van der Waals surface area (Å²) in [4.78, 5) is 24.2. The number of ether oxygens (including phenoxy) is 1. The minimum absolute atomic E-state index is 0.0184. The van der Waals surface area contributed by atoms with Crippen LogP contribution in [0.1, 0.15) is 38.9 Å². The third-order valence-electron chi connectivity index (χ3n) is 3.64. The minimum Gasteiger partial charge on any atom is -0.456 e.